The van der Waals surface area contributed by atoms with E-state index in [0.717, 1.165) is 16.8 Å². The molecule has 0 radical (unpaired) electrons. The summed E-state index contributed by atoms with van der Waals surface area (Å²) in [6.45, 7) is 2.52. The zero-order valence-electron chi connectivity index (χ0n) is 11.4. The monoisotopic (exact) mass is 267 g/mol. The molecule has 0 fully saturated rings. The van der Waals surface area contributed by atoms with Crippen molar-refractivity contribution in [2.45, 2.75) is 19.4 Å². The molecule has 1 amide bonds. The SMILES string of the molecule is Cc1cccc(C(=O)N2CCC(O)c3ccccc32)c1. The van der Waals surface area contributed by atoms with Crippen molar-refractivity contribution in [3.8, 4) is 0 Å². The van der Waals surface area contributed by atoms with Gasteiger partial charge in [-0.1, -0.05) is 35.9 Å². The van der Waals surface area contributed by atoms with Crippen molar-refractivity contribution in [2.75, 3.05) is 11.4 Å². The molecule has 102 valence electrons. The highest BCUT2D eigenvalue weighted by Gasteiger charge is 2.27. The molecule has 0 bridgehead atoms. The highest BCUT2D eigenvalue weighted by molar-refractivity contribution is 6.06. The minimum absolute atomic E-state index is 0.00644. The summed E-state index contributed by atoms with van der Waals surface area (Å²) in [5.41, 5.74) is 3.41. The quantitative estimate of drug-likeness (QED) is 0.862. The van der Waals surface area contributed by atoms with Gasteiger partial charge in [0.15, 0.2) is 0 Å². The van der Waals surface area contributed by atoms with E-state index in [0.29, 0.717) is 18.5 Å². The second kappa shape index (κ2) is 5.10. The number of para-hydroxylation sites is 1. The summed E-state index contributed by atoms with van der Waals surface area (Å²) >= 11 is 0. The number of rotatable bonds is 1. The maximum absolute atomic E-state index is 12.7. The van der Waals surface area contributed by atoms with E-state index in [-0.39, 0.29) is 5.91 Å². The number of amides is 1. The Hall–Kier alpha value is -2.13. The minimum Gasteiger partial charge on any atom is -0.388 e. The number of carbonyl (C=O) groups excluding carboxylic acids is 1. The number of fused-ring (bicyclic) bond motifs is 1. The summed E-state index contributed by atoms with van der Waals surface area (Å²) in [5.74, 6) is -0.00644. The molecule has 0 saturated heterocycles. The minimum atomic E-state index is -0.479. The number of anilines is 1. The first-order chi connectivity index (χ1) is 9.66. The lowest BCUT2D eigenvalue weighted by Gasteiger charge is -2.32. The Bertz CT molecular complexity index is 651. The second-order valence-electron chi connectivity index (χ2n) is 5.19. The molecule has 20 heavy (non-hydrogen) atoms. The number of benzene rings is 2. The molecule has 3 nitrogen and oxygen atoms in total. The number of aliphatic hydroxyl groups is 1. The number of aliphatic hydroxyl groups excluding tert-OH is 1. The van der Waals surface area contributed by atoms with E-state index in [2.05, 4.69) is 0 Å². The van der Waals surface area contributed by atoms with Gasteiger partial charge in [0.25, 0.3) is 5.91 Å². The van der Waals surface area contributed by atoms with Crippen molar-refractivity contribution in [3.63, 3.8) is 0 Å². The Morgan fingerprint density at radius 1 is 1.20 bits per heavy atom. The average Bonchev–Trinajstić information content (AvgIpc) is 2.47. The number of nitrogens with zero attached hydrogens (tertiary/aromatic N) is 1. The molecule has 1 heterocycles. The lowest BCUT2D eigenvalue weighted by Crippen LogP contribution is -2.36. The fourth-order valence-electron chi connectivity index (χ4n) is 2.69. The summed E-state index contributed by atoms with van der Waals surface area (Å²) in [6, 6.07) is 15.2. The van der Waals surface area contributed by atoms with Gasteiger partial charge in [-0.05, 0) is 31.5 Å². The standard InChI is InChI=1S/C17H17NO2/c1-12-5-4-6-13(11-12)17(20)18-10-9-16(19)14-7-2-3-8-15(14)18/h2-8,11,16,19H,9-10H2,1H3. The Balaban J connectivity index is 1.99. The maximum atomic E-state index is 12.7. The van der Waals surface area contributed by atoms with Crippen LogP contribution in [0, 0.1) is 6.92 Å². The van der Waals surface area contributed by atoms with Crippen LogP contribution in [-0.4, -0.2) is 17.6 Å². The number of aryl methyl sites for hydroxylation is 1. The van der Waals surface area contributed by atoms with Crippen LogP contribution in [0.15, 0.2) is 48.5 Å². The topological polar surface area (TPSA) is 40.5 Å². The van der Waals surface area contributed by atoms with Gasteiger partial charge in [-0.25, -0.2) is 0 Å². The van der Waals surface area contributed by atoms with Crippen LogP contribution in [0.25, 0.3) is 0 Å². The normalized spacial score (nSPS) is 17.7. The fourth-order valence-corrected chi connectivity index (χ4v) is 2.69. The molecular formula is C17H17NO2. The van der Waals surface area contributed by atoms with Gasteiger partial charge in [0.2, 0.25) is 0 Å². The van der Waals surface area contributed by atoms with Crippen LogP contribution >= 0.6 is 0 Å². The molecule has 1 unspecified atom stereocenters. The fraction of sp³-hybridized carbons (Fsp3) is 0.235. The van der Waals surface area contributed by atoms with E-state index in [1.165, 1.54) is 0 Å². The van der Waals surface area contributed by atoms with E-state index < -0.39 is 6.10 Å². The van der Waals surface area contributed by atoms with E-state index in [4.69, 9.17) is 0 Å². The van der Waals surface area contributed by atoms with Gasteiger partial charge in [-0.2, -0.15) is 0 Å². The van der Waals surface area contributed by atoms with Gasteiger partial charge in [0.05, 0.1) is 6.10 Å². The first kappa shape index (κ1) is 12.9. The van der Waals surface area contributed by atoms with Crippen molar-refractivity contribution in [3.05, 3.63) is 65.2 Å². The van der Waals surface area contributed by atoms with E-state index in [1.807, 2.05) is 55.5 Å². The van der Waals surface area contributed by atoms with E-state index >= 15 is 0 Å². The molecule has 3 rings (SSSR count). The summed E-state index contributed by atoms with van der Waals surface area (Å²) in [6.07, 6.45) is 0.0990. The van der Waals surface area contributed by atoms with Crippen molar-refractivity contribution in [2.24, 2.45) is 0 Å². The third kappa shape index (κ3) is 2.21. The van der Waals surface area contributed by atoms with Crippen LogP contribution in [0.1, 0.15) is 34.0 Å². The van der Waals surface area contributed by atoms with Crippen molar-refractivity contribution in [1.29, 1.82) is 0 Å². The van der Waals surface area contributed by atoms with E-state index in [9.17, 15) is 9.90 Å². The Labute approximate surface area is 118 Å². The Kier molecular flexibility index (Phi) is 3.28. The first-order valence-electron chi connectivity index (χ1n) is 6.82. The molecule has 0 spiro atoms. The highest BCUT2D eigenvalue weighted by Crippen LogP contribution is 2.34. The van der Waals surface area contributed by atoms with Crippen molar-refractivity contribution < 1.29 is 9.90 Å². The lowest BCUT2D eigenvalue weighted by molar-refractivity contribution is 0.0970. The zero-order chi connectivity index (χ0) is 14.1. The van der Waals surface area contributed by atoms with Gasteiger partial charge in [0, 0.05) is 23.4 Å². The van der Waals surface area contributed by atoms with Gasteiger partial charge in [0.1, 0.15) is 0 Å². The van der Waals surface area contributed by atoms with Crippen LogP contribution in [0.3, 0.4) is 0 Å². The molecule has 0 aliphatic carbocycles. The molecule has 2 aromatic carbocycles. The van der Waals surface area contributed by atoms with Crippen LogP contribution in [0.2, 0.25) is 0 Å². The third-order valence-electron chi connectivity index (χ3n) is 3.72. The number of carbonyl (C=O) groups is 1. The molecular weight excluding hydrogens is 250 g/mol. The van der Waals surface area contributed by atoms with Crippen molar-refractivity contribution in [1.82, 2.24) is 0 Å². The highest BCUT2D eigenvalue weighted by atomic mass is 16.3. The first-order valence-corrected chi connectivity index (χ1v) is 6.82. The van der Waals surface area contributed by atoms with Gasteiger partial charge in [-0.3, -0.25) is 4.79 Å². The molecule has 1 N–H and O–H groups in total. The number of hydrogen-bond donors (Lipinski definition) is 1. The molecule has 3 heteroatoms. The number of hydrogen-bond acceptors (Lipinski definition) is 2. The summed E-state index contributed by atoms with van der Waals surface area (Å²) in [4.78, 5) is 14.4. The van der Waals surface area contributed by atoms with Crippen LogP contribution in [-0.2, 0) is 0 Å². The van der Waals surface area contributed by atoms with Crippen LogP contribution in [0.4, 0.5) is 5.69 Å². The molecule has 1 aliphatic heterocycles. The largest absolute Gasteiger partial charge is 0.388 e. The van der Waals surface area contributed by atoms with Crippen LogP contribution < -0.4 is 4.90 Å². The zero-order valence-corrected chi connectivity index (χ0v) is 11.4. The molecule has 1 atom stereocenters. The van der Waals surface area contributed by atoms with Crippen molar-refractivity contribution >= 4 is 11.6 Å². The van der Waals surface area contributed by atoms with Crippen LogP contribution in [0.5, 0.6) is 0 Å². The molecule has 0 aromatic heterocycles. The predicted molar refractivity (Wildman–Crippen MR) is 78.9 cm³/mol. The van der Waals surface area contributed by atoms with Gasteiger partial charge in [-0.15, -0.1) is 0 Å². The molecule has 2 aromatic rings. The van der Waals surface area contributed by atoms with Gasteiger partial charge < -0.3 is 10.0 Å². The van der Waals surface area contributed by atoms with E-state index in [1.54, 1.807) is 4.90 Å². The summed E-state index contributed by atoms with van der Waals surface area (Å²) in [7, 11) is 0. The molecule has 1 aliphatic rings. The summed E-state index contributed by atoms with van der Waals surface area (Å²) < 4.78 is 0. The molecule has 0 saturated carbocycles. The lowest BCUT2D eigenvalue weighted by atomic mass is 9.98. The average molecular weight is 267 g/mol. The Morgan fingerprint density at radius 3 is 2.80 bits per heavy atom. The summed E-state index contributed by atoms with van der Waals surface area (Å²) in [5, 5.41) is 10.0. The maximum Gasteiger partial charge on any atom is 0.258 e. The predicted octanol–water partition coefficient (Wildman–Crippen LogP) is 3.08. The van der Waals surface area contributed by atoms with Gasteiger partial charge >= 0.3 is 0 Å². The smallest absolute Gasteiger partial charge is 0.258 e. The second-order valence-corrected chi connectivity index (χ2v) is 5.19. The Morgan fingerprint density at radius 2 is 2.00 bits per heavy atom. The third-order valence-corrected chi connectivity index (χ3v) is 3.72.